The Morgan fingerprint density at radius 3 is 2.82 bits per heavy atom. The molecule has 2 amide bonds. The molecule has 2 aromatic heterocycles. The number of anilines is 1. The Labute approximate surface area is 168 Å². The van der Waals surface area contributed by atoms with Crippen LogP contribution < -0.4 is 10.2 Å². The average Bonchev–Trinajstić information content (AvgIpc) is 3.14. The first-order valence-corrected chi connectivity index (χ1v) is 11.2. The number of rotatable bonds is 3. The van der Waals surface area contributed by atoms with Crippen LogP contribution in [0.15, 0.2) is 17.6 Å². The van der Waals surface area contributed by atoms with Gasteiger partial charge in [0.05, 0.1) is 10.4 Å². The van der Waals surface area contributed by atoms with Gasteiger partial charge in [-0.3, -0.25) is 14.5 Å². The molecule has 2 bridgehead atoms. The molecule has 28 heavy (non-hydrogen) atoms. The summed E-state index contributed by atoms with van der Waals surface area (Å²) in [7, 11) is 0. The van der Waals surface area contributed by atoms with E-state index in [-0.39, 0.29) is 17.9 Å². The normalized spacial score (nSPS) is 30.0. The maximum absolute atomic E-state index is 13.0. The summed E-state index contributed by atoms with van der Waals surface area (Å²) in [6, 6.07) is 2.44. The van der Waals surface area contributed by atoms with Crippen molar-refractivity contribution in [3.8, 4) is 0 Å². The van der Waals surface area contributed by atoms with E-state index >= 15 is 0 Å². The number of carbonyl (C=O) groups excluding carboxylic acids is 2. The molecule has 6 nitrogen and oxygen atoms in total. The molecule has 4 fully saturated rings. The van der Waals surface area contributed by atoms with Crippen LogP contribution in [0.5, 0.6) is 0 Å². The summed E-state index contributed by atoms with van der Waals surface area (Å²) in [6.45, 7) is 5.26. The molecule has 0 spiro atoms. The van der Waals surface area contributed by atoms with Gasteiger partial charge >= 0.3 is 0 Å². The van der Waals surface area contributed by atoms with E-state index < -0.39 is 0 Å². The quantitative estimate of drug-likeness (QED) is 0.863. The van der Waals surface area contributed by atoms with Crippen LogP contribution in [0.25, 0.3) is 10.1 Å². The highest BCUT2D eigenvalue weighted by Crippen LogP contribution is 2.35. The smallest absolute Gasteiger partial charge is 0.270 e. The van der Waals surface area contributed by atoms with Gasteiger partial charge < -0.3 is 10.2 Å². The second-order valence-electron chi connectivity index (χ2n) is 8.30. The third kappa shape index (κ3) is 3.01. The molecule has 2 aromatic rings. The minimum Gasteiger partial charge on any atom is -0.346 e. The average molecular weight is 399 g/mol. The number of nitrogens with zero attached hydrogens (tertiary/aromatic N) is 3. The Morgan fingerprint density at radius 2 is 2.07 bits per heavy atom. The predicted octanol–water partition coefficient (Wildman–Crippen LogP) is 3.03. The largest absolute Gasteiger partial charge is 0.346 e. The highest BCUT2D eigenvalue weighted by atomic mass is 32.1. The molecule has 0 aliphatic carbocycles. The highest BCUT2D eigenvalue weighted by molar-refractivity contribution is 7.17. The number of aromatic nitrogens is 1. The second kappa shape index (κ2) is 7.12. The van der Waals surface area contributed by atoms with Gasteiger partial charge in [-0.05, 0) is 57.7 Å². The minimum absolute atomic E-state index is 0.102. The standard InChI is InChI=1S/C21H26N4O2S/c1-13-20(14-5-8-24(13)9-6-14)23-21(27)16-10-15-17(12-28-18(15)11-22-16)25-7-3-2-4-19(25)26/h10-14,20H,2-9H2,1H3,(H,23,27). The molecule has 0 aromatic carbocycles. The molecular formula is C21H26N4O2S. The van der Waals surface area contributed by atoms with Crippen LogP contribution in [0, 0.1) is 5.92 Å². The van der Waals surface area contributed by atoms with Gasteiger partial charge in [0.2, 0.25) is 5.91 Å². The van der Waals surface area contributed by atoms with Crippen molar-refractivity contribution < 1.29 is 9.59 Å². The molecule has 4 aliphatic heterocycles. The lowest BCUT2D eigenvalue weighted by atomic mass is 9.79. The lowest BCUT2D eigenvalue weighted by Crippen LogP contribution is -2.62. The summed E-state index contributed by atoms with van der Waals surface area (Å²) < 4.78 is 1.01. The minimum atomic E-state index is -0.102. The number of piperidine rings is 4. The first-order chi connectivity index (χ1) is 13.6. The van der Waals surface area contributed by atoms with Crippen molar-refractivity contribution in [2.24, 2.45) is 5.92 Å². The van der Waals surface area contributed by atoms with E-state index in [1.54, 1.807) is 17.5 Å². The van der Waals surface area contributed by atoms with E-state index in [0.717, 1.165) is 61.1 Å². The number of thiophene rings is 1. The van der Waals surface area contributed by atoms with Crippen molar-refractivity contribution in [2.75, 3.05) is 24.5 Å². The van der Waals surface area contributed by atoms with Crippen LogP contribution in [0.4, 0.5) is 5.69 Å². The Balaban J connectivity index is 1.40. The van der Waals surface area contributed by atoms with E-state index in [9.17, 15) is 9.59 Å². The fraction of sp³-hybridized carbons (Fsp3) is 0.571. The van der Waals surface area contributed by atoms with Crippen LogP contribution in [0.2, 0.25) is 0 Å². The second-order valence-corrected chi connectivity index (χ2v) is 9.21. The highest BCUT2D eigenvalue weighted by Gasteiger charge is 2.40. The molecule has 1 N–H and O–H groups in total. The Kier molecular flexibility index (Phi) is 4.59. The van der Waals surface area contributed by atoms with E-state index in [2.05, 4.69) is 22.1 Å². The van der Waals surface area contributed by atoms with Crippen molar-refractivity contribution in [1.29, 1.82) is 0 Å². The number of nitrogens with one attached hydrogen (secondary N) is 1. The van der Waals surface area contributed by atoms with Gasteiger partial charge in [0.15, 0.2) is 0 Å². The van der Waals surface area contributed by atoms with Gasteiger partial charge in [0.1, 0.15) is 5.69 Å². The van der Waals surface area contributed by atoms with Crippen LogP contribution >= 0.6 is 11.3 Å². The van der Waals surface area contributed by atoms with E-state index in [1.165, 1.54) is 0 Å². The molecule has 0 radical (unpaired) electrons. The lowest BCUT2D eigenvalue weighted by Gasteiger charge is -2.49. The zero-order valence-electron chi connectivity index (χ0n) is 16.2. The van der Waals surface area contributed by atoms with Gasteiger partial charge in [-0.2, -0.15) is 0 Å². The fourth-order valence-electron chi connectivity index (χ4n) is 5.08. The van der Waals surface area contributed by atoms with Crippen molar-refractivity contribution >= 4 is 38.9 Å². The molecule has 4 aliphatic rings. The molecule has 148 valence electrons. The molecule has 6 rings (SSSR count). The Hall–Kier alpha value is -1.99. The van der Waals surface area contributed by atoms with Gasteiger partial charge in [0.25, 0.3) is 5.91 Å². The van der Waals surface area contributed by atoms with Crippen molar-refractivity contribution in [3.05, 3.63) is 23.3 Å². The van der Waals surface area contributed by atoms with Crippen LogP contribution in [0.3, 0.4) is 0 Å². The van der Waals surface area contributed by atoms with E-state index in [0.29, 0.717) is 24.1 Å². The summed E-state index contributed by atoms with van der Waals surface area (Å²) in [5.41, 5.74) is 1.37. The summed E-state index contributed by atoms with van der Waals surface area (Å²) in [5, 5.41) is 6.24. The van der Waals surface area contributed by atoms with Crippen LogP contribution in [-0.2, 0) is 4.79 Å². The molecule has 2 unspecified atom stereocenters. The molecule has 0 saturated carbocycles. The fourth-order valence-corrected chi connectivity index (χ4v) is 5.98. The lowest BCUT2D eigenvalue weighted by molar-refractivity contribution is -0.119. The number of pyridine rings is 1. The van der Waals surface area contributed by atoms with Crippen LogP contribution in [-0.4, -0.2) is 53.4 Å². The summed E-state index contributed by atoms with van der Waals surface area (Å²) in [4.78, 5) is 34.1. The maximum Gasteiger partial charge on any atom is 0.270 e. The number of hydrogen-bond acceptors (Lipinski definition) is 5. The summed E-state index contributed by atoms with van der Waals surface area (Å²) in [6.07, 6.45) is 6.68. The summed E-state index contributed by atoms with van der Waals surface area (Å²) >= 11 is 1.58. The van der Waals surface area contributed by atoms with Gasteiger partial charge in [-0.15, -0.1) is 11.3 Å². The third-order valence-corrected chi connectivity index (χ3v) is 7.68. The van der Waals surface area contributed by atoms with Gasteiger partial charge in [-0.1, -0.05) is 0 Å². The third-order valence-electron chi connectivity index (χ3n) is 6.76. The molecule has 2 atom stereocenters. The first-order valence-electron chi connectivity index (χ1n) is 10.3. The molecular weight excluding hydrogens is 372 g/mol. The van der Waals surface area contributed by atoms with Crippen LogP contribution in [0.1, 0.15) is 49.5 Å². The van der Waals surface area contributed by atoms with Gasteiger partial charge in [0, 0.05) is 42.0 Å². The molecule has 7 heteroatoms. The van der Waals surface area contributed by atoms with Crippen molar-refractivity contribution in [3.63, 3.8) is 0 Å². The monoisotopic (exact) mass is 398 g/mol. The van der Waals surface area contributed by atoms with Crippen molar-refractivity contribution in [2.45, 2.75) is 51.1 Å². The number of carbonyl (C=O) groups is 2. The first kappa shape index (κ1) is 18.1. The number of fused-ring (bicyclic) bond motifs is 4. The summed E-state index contributed by atoms with van der Waals surface area (Å²) in [5.74, 6) is 0.639. The molecule has 6 heterocycles. The Morgan fingerprint density at radius 1 is 1.25 bits per heavy atom. The van der Waals surface area contributed by atoms with Gasteiger partial charge in [-0.25, -0.2) is 4.98 Å². The number of hydrogen-bond donors (Lipinski definition) is 1. The van der Waals surface area contributed by atoms with E-state index in [4.69, 9.17) is 0 Å². The predicted molar refractivity (Wildman–Crippen MR) is 111 cm³/mol. The number of amides is 2. The Bertz CT molecular complexity index is 916. The topological polar surface area (TPSA) is 65.5 Å². The SMILES string of the molecule is CC1C(NC(=O)c2cc3c(N4CCCCC4=O)csc3cn2)C2CCN1CC2. The zero-order chi connectivity index (χ0) is 19.3. The zero-order valence-corrected chi connectivity index (χ0v) is 17.0. The van der Waals surface area contributed by atoms with E-state index in [1.807, 2.05) is 16.3 Å². The molecule has 4 saturated heterocycles. The van der Waals surface area contributed by atoms with Crippen molar-refractivity contribution in [1.82, 2.24) is 15.2 Å². The maximum atomic E-state index is 13.0.